The van der Waals surface area contributed by atoms with E-state index in [1.165, 1.54) is 18.2 Å². The normalized spacial score (nSPS) is 11.7. The third kappa shape index (κ3) is 3.01. The minimum absolute atomic E-state index is 0.252. The molecule has 0 unspecified atom stereocenters. The van der Waals surface area contributed by atoms with Crippen LogP contribution in [0.4, 0.5) is 4.39 Å². The second-order valence-corrected chi connectivity index (χ2v) is 4.90. The molecule has 0 aliphatic rings. The summed E-state index contributed by atoms with van der Waals surface area (Å²) in [6.07, 6.45) is 3.17. The molecule has 1 heterocycles. The SMILES string of the molecule is N#C/C(=C(\Cl)c1ccc(F)cc1Br)c1cccnc1. The number of hydrogen-bond acceptors (Lipinski definition) is 2. The summed E-state index contributed by atoms with van der Waals surface area (Å²) in [7, 11) is 0. The maximum Gasteiger partial charge on any atom is 0.124 e. The molecule has 0 atom stereocenters. The predicted octanol–water partition coefficient (Wildman–Crippen LogP) is 4.61. The van der Waals surface area contributed by atoms with E-state index in [1.807, 2.05) is 0 Å². The first-order valence-electron chi connectivity index (χ1n) is 5.29. The number of rotatable bonds is 2. The molecule has 2 aromatic rings. The maximum absolute atomic E-state index is 13.1. The van der Waals surface area contributed by atoms with Gasteiger partial charge in [0.1, 0.15) is 11.9 Å². The largest absolute Gasteiger partial charge is 0.264 e. The van der Waals surface area contributed by atoms with Gasteiger partial charge in [-0.3, -0.25) is 4.98 Å². The first-order valence-corrected chi connectivity index (χ1v) is 6.46. The van der Waals surface area contributed by atoms with Crippen LogP contribution in [0.15, 0.2) is 47.2 Å². The molecule has 1 aromatic carbocycles. The van der Waals surface area contributed by atoms with Crippen molar-refractivity contribution in [2.45, 2.75) is 0 Å². The number of benzene rings is 1. The fraction of sp³-hybridized carbons (Fsp3) is 0. The van der Waals surface area contributed by atoms with Gasteiger partial charge >= 0.3 is 0 Å². The fourth-order valence-electron chi connectivity index (χ4n) is 1.55. The molecule has 0 radical (unpaired) electrons. The summed E-state index contributed by atoms with van der Waals surface area (Å²) >= 11 is 9.48. The molecule has 0 aliphatic carbocycles. The monoisotopic (exact) mass is 336 g/mol. The minimum Gasteiger partial charge on any atom is -0.264 e. The molecule has 0 saturated heterocycles. The van der Waals surface area contributed by atoms with Gasteiger partial charge in [-0.1, -0.05) is 33.6 Å². The van der Waals surface area contributed by atoms with E-state index in [2.05, 4.69) is 27.0 Å². The Labute approximate surface area is 123 Å². The van der Waals surface area contributed by atoms with Crippen molar-refractivity contribution in [2.75, 3.05) is 0 Å². The lowest BCUT2D eigenvalue weighted by atomic mass is 10.1. The van der Waals surface area contributed by atoms with Crippen LogP contribution < -0.4 is 0 Å². The number of hydrogen-bond donors (Lipinski definition) is 0. The van der Waals surface area contributed by atoms with Crippen molar-refractivity contribution in [3.05, 3.63) is 64.1 Å². The lowest BCUT2D eigenvalue weighted by Crippen LogP contribution is -1.89. The summed E-state index contributed by atoms with van der Waals surface area (Å²) in [4.78, 5) is 3.95. The molecule has 0 saturated carbocycles. The number of nitrogens with zero attached hydrogens (tertiary/aromatic N) is 2. The van der Waals surface area contributed by atoms with Gasteiger partial charge < -0.3 is 0 Å². The van der Waals surface area contributed by atoms with Gasteiger partial charge in [0.15, 0.2) is 0 Å². The van der Waals surface area contributed by atoms with Crippen molar-refractivity contribution < 1.29 is 4.39 Å². The van der Waals surface area contributed by atoms with E-state index in [0.717, 1.165) is 0 Å². The van der Waals surface area contributed by atoms with E-state index in [0.29, 0.717) is 21.2 Å². The highest BCUT2D eigenvalue weighted by Crippen LogP contribution is 2.33. The zero-order valence-electron chi connectivity index (χ0n) is 9.57. The number of pyridine rings is 1. The smallest absolute Gasteiger partial charge is 0.124 e. The van der Waals surface area contributed by atoms with Gasteiger partial charge in [0.2, 0.25) is 0 Å². The van der Waals surface area contributed by atoms with E-state index >= 15 is 0 Å². The molecular formula is C14H7BrClFN2. The fourth-order valence-corrected chi connectivity index (χ4v) is 2.53. The summed E-state index contributed by atoms with van der Waals surface area (Å²) in [6.45, 7) is 0. The zero-order chi connectivity index (χ0) is 13.8. The Hall–Kier alpha value is -1.70. The highest BCUT2D eigenvalue weighted by Gasteiger charge is 2.12. The van der Waals surface area contributed by atoms with Crippen molar-refractivity contribution in [3.63, 3.8) is 0 Å². The number of halogens is 3. The molecule has 94 valence electrons. The molecular weight excluding hydrogens is 331 g/mol. The first-order chi connectivity index (χ1) is 9.13. The van der Waals surface area contributed by atoms with Gasteiger partial charge in [0, 0.05) is 28.0 Å². The molecule has 5 heteroatoms. The van der Waals surface area contributed by atoms with Gasteiger partial charge in [0.05, 0.1) is 10.6 Å². The molecule has 19 heavy (non-hydrogen) atoms. The third-order valence-corrected chi connectivity index (χ3v) is 3.50. The third-order valence-electron chi connectivity index (χ3n) is 2.45. The Morgan fingerprint density at radius 2 is 2.16 bits per heavy atom. The lowest BCUT2D eigenvalue weighted by molar-refractivity contribution is 0.627. The van der Waals surface area contributed by atoms with Crippen molar-refractivity contribution in [2.24, 2.45) is 0 Å². The average Bonchev–Trinajstić information content (AvgIpc) is 2.40. The summed E-state index contributed by atoms with van der Waals surface area (Å²) in [6, 6.07) is 9.63. The molecule has 0 N–H and O–H groups in total. The Balaban J connectivity index is 2.59. The standard InChI is InChI=1S/C14H7BrClFN2/c15-13-6-10(17)3-4-11(13)14(16)12(7-18)9-2-1-5-19-8-9/h1-6,8H/b14-12+. The molecule has 0 aliphatic heterocycles. The van der Waals surface area contributed by atoms with E-state index in [-0.39, 0.29) is 10.8 Å². The molecule has 0 amide bonds. The van der Waals surface area contributed by atoms with Crippen LogP contribution in [0.1, 0.15) is 11.1 Å². The second kappa shape index (κ2) is 5.96. The van der Waals surface area contributed by atoms with Crippen molar-refractivity contribution >= 4 is 38.1 Å². The first kappa shape index (κ1) is 13.7. The van der Waals surface area contributed by atoms with Crippen LogP contribution in [0.5, 0.6) is 0 Å². The van der Waals surface area contributed by atoms with Crippen molar-refractivity contribution in [1.29, 1.82) is 5.26 Å². The Bertz CT molecular complexity index is 678. The summed E-state index contributed by atoms with van der Waals surface area (Å²) in [5, 5.41) is 9.50. The summed E-state index contributed by atoms with van der Waals surface area (Å²) < 4.78 is 13.5. The van der Waals surface area contributed by atoms with Crippen LogP contribution in [-0.4, -0.2) is 4.98 Å². The van der Waals surface area contributed by atoms with Crippen molar-refractivity contribution in [3.8, 4) is 6.07 Å². The van der Waals surface area contributed by atoms with Gasteiger partial charge in [-0.2, -0.15) is 5.26 Å². The molecule has 0 fully saturated rings. The summed E-state index contributed by atoms with van der Waals surface area (Å²) in [5.41, 5.74) is 1.47. The molecule has 1 aromatic heterocycles. The van der Waals surface area contributed by atoms with Gasteiger partial charge in [-0.05, 0) is 24.3 Å². The highest BCUT2D eigenvalue weighted by atomic mass is 79.9. The van der Waals surface area contributed by atoms with Gasteiger partial charge in [-0.15, -0.1) is 0 Å². The molecule has 0 bridgehead atoms. The Kier molecular flexibility index (Phi) is 4.31. The summed E-state index contributed by atoms with van der Waals surface area (Å²) in [5.74, 6) is -0.375. The van der Waals surface area contributed by atoms with Crippen LogP contribution in [0.2, 0.25) is 0 Å². The van der Waals surface area contributed by atoms with Gasteiger partial charge in [0.25, 0.3) is 0 Å². The van der Waals surface area contributed by atoms with Crippen LogP contribution in [0, 0.1) is 17.1 Å². The second-order valence-electron chi connectivity index (χ2n) is 3.67. The lowest BCUT2D eigenvalue weighted by Gasteiger charge is -2.06. The average molecular weight is 338 g/mol. The quantitative estimate of drug-likeness (QED) is 0.750. The Morgan fingerprint density at radius 1 is 1.37 bits per heavy atom. The molecule has 2 rings (SSSR count). The van der Waals surface area contributed by atoms with Crippen molar-refractivity contribution in [1.82, 2.24) is 4.98 Å². The van der Waals surface area contributed by atoms with Crippen LogP contribution in [0.25, 0.3) is 10.6 Å². The van der Waals surface area contributed by atoms with E-state index in [4.69, 9.17) is 11.6 Å². The highest BCUT2D eigenvalue weighted by molar-refractivity contribution is 9.10. The van der Waals surface area contributed by atoms with E-state index in [1.54, 1.807) is 24.5 Å². The zero-order valence-corrected chi connectivity index (χ0v) is 11.9. The maximum atomic E-state index is 13.1. The topological polar surface area (TPSA) is 36.7 Å². The van der Waals surface area contributed by atoms with E-state index in [9.17, 15) is 9.65 Å². The van der Waals surface area contributed by atoms with Crippen LogP contribution in [0.3, 0.4) is 0 Å². The number of allylic oxidation sites excluding steroid dienone is 1. The number of nitriles is 1. The molecule has 0 spiro atoms. The van der Waals surface area contributed by atoms with Crippen LogP contribution >= 0.6 is 27.5 Å². The minimum atomic E-state index is -0.375. The molecule has 2 nitrogen and oxygen atoms in total. The van der Waals surface area contributed by atoms with E-state index < -0.39 is 0 Å². The van der Waals surface area contributed by atoms with Crippen LogP contribution in [-0.2, 0) is 0 Å². The number of aromatic nitrogens is 1. The Morgan fingerprint density at radius 3 is 2.74 bits per heavy atom. The van der Waals surface area contributed by atoms with Gasteiger partial charge in [-0.25, -0.2) is 4.39 Å². The predicted molar refractivity (Wildman–Crippen MR) is 76.6 cm³/mol.